The number of carbonyl (C=O) groups excluding carboxylic acids is 3. The van der Waals surface area contributed by atoms with Gasteiger partial charge in [0.05, 0.1) is 21.7 Å². The van der Waals surface area contributed by atoms with Crippen molar-refractivity contribution in [3.63, 3.8) is 0 Å². The Hall–Kier alpha value is -4.51. The zero-order chi connectivity index (χ0) is 28.3. The van der Waals surface area contributed by atoms with E-state index >= 15 is 0 Å². The summed E-state index contributed by atoms with van der Waals surface area (Å²) >= 11 is 3.47. The molecule has 3 aromatic carbocycles. The number of nitro groups is 1. The molecule has 39 heavy (non-hydrogen) atoms. The highest BCUT2D eigenvalue weighted by molar-refractivity contribution is 9.10. The molecule has 4 rings (SSSR count). The van der Waals surface area contributed by atoms with Crippen LogP contribution in [0.3, 0.4) is 0 Å². The average molecular weight is 594 g/mol. The molecule has 0 spiro atoms. The normalized spacial score (nSPS) is 14.4. The number of rotatable bonds is 8. The third-order valence-electron chi connectivity index (χ3n) is 5.74. The number of carbonyl (C=O) groups is 3. The van der Waals surface area contributed by atoms with Gasteiger partial charge >= 0.3 is 6.03 Å². The van der Waals surface area contributed by atoms with E-state index in [0.29, 0.717) is 39.4 Å². The molecule has 1 aliphatic rings. The first-order chi connectivity index (χ1) is 18.6. The molecular formula is C28H24BrN3O7. The molecule has 0 radical (unpaired) electrons. The molecule has 200 valence electrons. The van der Waals surface area contributed by atoms with Gasteiger partial charge in [-0.25, -0.2) is 9.69 Å². The minimum atomic E-state index is -0.821. The fourth-order valence-corrected chi connectivity index (χ4v) is 4.66. The first kappa shape index (κ1) is 27.5. The highest BCUT2D eigenvalue weighted by atomic mass is 79.9. The van der Waals surface area contributed by atoms with Gasteiger partial charge in [0.15, 0.2) is 11.5 Å². The van der Waals surface area contributed by atoms with Crippen LogP contribution in [-0.4, -0.2) is 29.4 Å². The summed E-state index contributed by atoms with van der Waals surface area (Å²) in [7, 11) is 0. The lowest BCUT2D eigenvalue weighted by molar-refractivity contribution is -0.384. The number of non-ortho nitro benzene ring substituents is 1. The fraction of sp³-hybridized carbons (Fsp3) is 0.179. The van der Waals surface area contributed by atoms with E-state index in [4.69, 9.17) is 9.47 Å². The molecule has 1 saturated heterocycles. The summed E-state index contributed by atoms with van der Waals surface area (Å²) < 4.78 is 12.2. The van der Waals surface area contributed by atoms with Gasteiger partial charge in [0, 0.05) is 12.1 Å². The van der Waals surface area contributed by atoms with E-state index in [1.165, 1.54) is 18.2 Å². The fourth-order valence-electron chi connectivity index (χ4n) is 4.08. The van der Waals surface area contributed by atoms with Crippen LogP contribution in [0.1, 0.15) is 29.2 Å². The second kappa shape index (κ2) is 11.5. The number of aryl methyl sites for hydroxylation is 2. The van der Waals surface area contributed by atoms with Crippen LogP contribution in [0.5, 0.6) is 11.5 Å². The molecule has 1 N–H and O–H groups in total. The number of benzene rings is 3. The molecule has 0 unspecified atom stereocenters. The van der Waals surface area contributed by atoms with Crippen LogP contribution in [0.15, 0.2) is 64.6 Å². The van der Waals surface area contributed by atoms with E-state index in [9.17, 15) is 24.5 Å². The predicted octanol–water partition coefficient (Wildman–Crippen LogP) is 5.62. The minimum absolute atomic E-state index is 0.0218. The number of halogens is 1. The Morgan fingerprint density at radius 3 is 2.28 bits per heavy atom. The Morgan fingerprint density at radius 2 is 1.67 bits per heavy atom. The standard InChI is InChI=1S/C28H24BrN3O7/c1-4-38-24-14-19(13-23(29)25(24)39-15-18-5-7-20(8-6-18)32(36)37)12-22-26(33)30-28(35)31(27(22)34)21-10-16(2)9-17(3)11-21/h5-14H,4,15H2,1-3H3,(H,30,33,35)/b22-12+. The first-order valence-corrected chi connectivity index (χ1v) is 12.7. The van der Waals surface area contributed by atoms with Crippen molar-refractivity contribution in [3.05, 3.63) is 97.0 Å². The summed E-state index contributed by atoms with van der Waals surface area (Å²) in [5.41, 5.74) is 3.02. The van der Waals surface area contributed by atoms with Gasteiger partial charge in [-0.15, -0.1) is 0 Å². The van der Waals surface area contributed by atoms with E-state index in [1.807, 2.05) is 19.9 Å². The number of barbiturate groups is 1. The monoisotopic (exact) mass is 593 g/mol. The minimum Gasteiger partial charge on any atom is -0.490 e. The Kier molecular flexibility index (Phi) is 8.10. The van der Waals surface area contributed by atoms with E-state index in [0.717, 1.165) is 16.0 Å². The molecule has 1 aliphatic heterocycles. The van der Waals surface area contributed by atoms with Gasteiger partial charge < -0.3 is 9.47 Å². The SMILES string of the molecule is CCOc1cc(/C=C2\C(=O)NC(=O)N(c3cc(C)cc(C)c3)C2=O)cc(Br)c1OCc1ccc([N+](=O)[O-])cc1. The number of amides is 4. The van der Waals surface area contributed by atoms with Crippen molar-refractivity contribution in [3.8, 4) is 11.5 Å². The Labute approximate surface area is 232 Å². The number of urea groups is 1. The van der Waals surface area contributed by atoms with Crippen molar-refractivity contribution in [2.75, 3.05) is 11.5 Å². The number of ether oxygens (including phenoxy) is 2. The largest absolute Gasteiger partial charge is 0.490 e. The lowest BCUT2D eigenvalue weighted by Crippen LogP contribution is -2.54. The first-order valence-electron chi connectivity index (χ1n) is 11.9. The number of nitro benzene ring substituents is 1. The summed E-state index contributed by atoms with van der Waals surface area (Å²) in [5, 5.41) is 13.1. The van der Waals surface area contributed by atoms with Crippen molar-refractivity contribution in [1.82, 2.24) is 5.32 Å². The molecular weight excluding hydrogens is 570 g/mol. The van der Waals surface area contributed by atoms with Crippen molar-refractivity contribution in [2.45, 2.75) is 27.4 Å². The van der Waals surface area contributed by atoms with Gasteiger partial charge in [0.2, 0.25) is 0 Å². The highest BCUT2D eigenvalue weighted by Gasteiger charge is 2.37. The third kappa shape index (κ3) is 6.15. The van der Waals surface area contributed by atoms with E-state index in [2.05, 4.69) is 21.2 Å². The zero-order valence-corrected chi connectivity index (χ0v) is 22.9. The van der Waals surface area contributed by atoms with Crippen LogP contribution in [0, 0.1) is 24.0 Å². The second-order valence-corrected chi connectivity index (χ2v) is 9.63. The molecule has 1 fully saturated rings. The molecule has 4 amide bonds. The summed E-state index contributed by atoms with van der Waals surface area (Å²) in [6, 6.07) is 13.7. The maximum absolute atomic E-state index is 13.3. The van der Waals surface area contributed by atoms with Gasteiger partial charge in [-0.05, 0) is 101 Å². The lowest BCUT2D eigenvalue weighted by Gasteiger charge is -2.27. The Morgan fingerprint density at radius 1 is 1.00 bits per heavy atom. The van der Waals surface area contributed by atoms with Crippen LogP contribution < -0.4 is 19.7 Å². The third-order valence-corrected chi connectivity index (χ3v) is 6.33. The Bertz CT molecular complexity index is 1500. The quantitative estimate of drug-likeness (QED) is 0.155. The molecule has 0 bridgehead atoms. The molecule has 0 aromatic heterocycles. The molecule has 0 atom stereocenters. The smallest absolute Gasteiger partial charge is 0.335 e. The molecule has 10 nitrogen and oxygen atoms in total. The number of imide groups is 2. The maximum Gasteiger partial charge on any atom is 0.335 e. The van der Waals surface area contributed by atoms with Crippen LogP contribution >= 0.6 is 15.9 Å². The van der Waals surface area contributed by atoms with E-state index in [1.54, 1.807) is 43.3 Å². The predicted molar refractivity (Wildman–Crippen MR) is 148 cm³/mol. The Balaban J connectivity index is 1.64. The van der Waals surface area contributed by atoms with Crippen LogP contribution in [0.4, 0.5) is 16.2 Å². The van der Waals surface area contributed by atoms with Crippen molar-refractivity contribution in [2.24, 2.45) is 0 Å². The van der Waals surface area contributed by atoms with Gasteiger partial charge in [0.25, 0.3) is 17.5 Å². The highest BCUT2D eigenvalue weighted by Crippen LogP contribution is 2.38. The van der Waals surface area contributed by atoms with Crippen molar-refractivity contribution in [1.29, 1.82) is 0 Å². The summed E-state index contributed by atoms with van der Waals surface area (Å²) in [5.74, 6) is -0.824. The number of nitrogens with zero attached hydrogens (tertiary/aromatic N) is 2. The molecule has 1 heterocycles. The van der Waals surface area contributed by atoms with Crippen LogP contribution in [0.2, 0.25) is 0 Å². The molecule has 0 saturated carbocycles. The maximum atomic E-state index is 13.3. The summed E-state index contributed by atoms with van der Waals surface area (Å²) in [4.78, 5) is 49.9. The van der Waals surface area contributed by atoms with E-state index < -0.39 is 22.8 Å². The number of nitrogens with one attached hydrogen (secondary N) is 1. The van der Waals surface area contributed by atoms with Crippen LogP contribution in [0.25, 0.3) is 6.08 Å². The molecule has 0 aliphatic carbocycles. The van der Waals surface area contributed by atoms with Gasteiger partial charge in [-0.3, -0.25) is 25.0 Å². The topological polar surface area (TPSA) is 128 Å². The average Bonchev–Trinajstić information content (AvgIpc) is 2.86. The number of anilines is 1. The van der Waals surface area contributed by atoms with E-state index in [-0.39, 0.29) is 17.9 Å². The van der Waals surface area contributed by atoms with Crippen LogP contribution in [-0.2, 0) is 16.2 Å². The summed E-state index contributed by atoms with van der Waals surface area (Å²) in [6.07, 6.45) is 1.38. The summed E-state index contributed by atoms with van der Waals surface area (Å²) in [6.45, 7) is 5.93. The zero-order valence-electron chi connectivity index (χ0n) is 21.3. The van der Waals surface area contributed by atoms with Crippen molar-refractivity contribution < 1.29 is 28.8 Å². The lowest BCUT2D eigenvalue weighted by atomic mass is 10.0. The van der Waals surface area contributed by atoms with Crippen molar-refractivity contribution >= 4 is 51.2 Å². The molecule has 11 heteroatoms. The second-order valence-electron chi connectivity index (χ2n) is 8.78. The van der Waals surface area contributed by atoms with Gasteiger partial charge in [-0.2, -0.15) is 0 Å². The van der Waals surface area contributed by atoms with Gasteiger partial charge in [0.1, 0.15) is 12.2 Å². The number of hydrogen-bond acceptors (Lipinski definition) is 7. The number of hydrogen-bond donors (Lipinski definition) is 1. The van der Waals surface area contributed by atoms with Gasteiger partial charge in [-0.1, -0.05) is 6.07 Å². The molecule has 3 aromatic rings.